The number of halogens is 2. The van der Waals surface area contributed by atoms with E-state index >= 15 is 0 Å². The summed E-state index contributed by atoms with van der Waals surface area (Å²) in [4.78, 5) is 18.5. The van der Waals surface area contributed by atoms with Crippen LogP contribution in [0, 0.1) is 5.92 Å². The summed E-state index contributed by atoms with van der Waals surface area (Å²) in [6.45, 7) is 3.45. The zero-order chi connectivity index (χ0) is 16.2. The van der Waals surface area contributed by atoms with E-state index in [2.05, 4.69) is 11.9 Å². The van der Waals surface area contributed by atoms with Crippen LogP contribution in [-0.4, -0.2) is 34.9 Å². The number of aromatic nitrogens is 1. The topological polar surface area (TPSA) is 68.5 Å². The Labute approximate surface area is 160 Å². The van der Waals surface area contributed by atoms with Gasteiger partial charge < -0.3 is 15.4 Å². The Morgan fingerprint density at radius 2 is 1.96 bits per heavy atom. The maximum atomic E-state index is 12.6. The van der Waals surface area contributed by atoms with E-state index in [1.807, 2.05) is 17.0 Å². The quantitative estimate of drug-likeness (QED) is 0.876. The monoisotopic (exact) mass is 383 g/mol. The molecule has 1 aromatic carbocycles. The average Bonchev–Trinajstić information content (AvgIpc) is 2.97. The minimum Gasteiger partial charge on any atom is -0.456 e. The number of amides is 1. The molecule has 0 spiro atoms. The Hall–Kier alpha value is -1.82. The molecular formula is C18H23Cl2N3O2. The second-order valence-corrected chi connectivity index (χ2v) is 5.96. The number of nitrogens with two attached hydrogens (primary N) is 1. The maximum absolute atomic E-state index is 12.6. The average molecular weight is 384 g/mol. The molecule has 1 aromatic heterocycles. The smallest absolute Gasteiger partial charge is 0.254 e. The molecule has 2 heterocycles. The van der Waals surface area contributed by atoms with Gasteiger partial charge in [-0.2, -0.15) is 0 Å². The van der Waals surface area contributed by atoms with Crippen molar-refractivity contribution in [3.05, 3.63) is 54.4 Å². The van der Waals surface area contributed by atoms with Crippen LogP contribution in [0.15, 0.2) is 48.8 Å². The lowest BCUT2D eigenvalue weighted by molar-refractivity contribution is 0.0743. The van der Waals surface area contributed by atoms with Crippen LogP contribution in [0.4, 0.5) is 0 Å². The van der Waals surface area contributed by atoms with Gasteiger partial charge in [0.25, 0.3) is 5.91 Å². The Bertz CT molecular complexity index is 668. The lowest BCUT2D eigenvalue weighted by Gasteiger charge is -2.21. The van der Waals surface area contributed by atoms with Crippen molar-refractivity contribution in [2.45, 2.75) is 19.4 Å². The summed E-state index contributed by atoms with van der Waals surface area (Å²) < 4.78 is 5.69. The Balaban J connectivity index is 0.00000156. The van der Waals surface area contributed by atoms with E-state index in [1.54, 1.807) is 36.7 Å². The summed E-state index contributed by atoms with van der Waals surface area (Å²) in [6, 6.07) is 11.1. The molecule has 3 rings (SSSR count). The molecule has 25 heavy (non-hydrogen) atoms. The first-order chi connectivity index (χ1) is 11.2. The summed E-state index contributed by atoms with van der Waals surface area (Å²) in [5.74, 6) is 1.82. The van der Waals surface area contributed by atoms with Gasteiger partial charge in [0.05, 0.1) is 6.20 Å². The van der Waals surface area contributed by atoms with Gasteiger partial charge in [0.2, 0.25) is 0 Å². The van der Waals surface area contributed by atoms with Crippen molar-refractivity contribution in [2.75, 3.05) is 13.1 Å². The van der Waals surface area contributed by atoms with Gasteiger partial charge in [-0.15, -0.1) is 24.8 Å². The van der Waals surface area contributed by atoms with Crippen molar-refractivity contribution in [1.82, 2.24) is 9.88 Å². The number of pyridine rings is 1. The normalized spacial score (nSPS) is 18.9. The molecule has 1 aliphatic heterocycles. The number of hydrogen-bond donors (Lipinski definition) is 1. The molecule has 2 unspecified atom stereocenters. The number of hydrogen-bond acceptors (Lipinski definition) is 4. The third-order valence-corrected chi connectivity index (χ3v) is 4.23. The van der Waals surface area contributed by atoms with Crippen LogP contribution in [-0.2, 0) is 0 Å². The van der Waals surface area contributed by atoms with E-state index in [-0.39, 0.29) is 36.8 Å². The third-order valence-electron chi connectivity index (χ3n) is 4.23. The first kappa shape index (κ1) is 21.2. The van der Waals surface area contributed by atoms with Crippen LogP contribution in [0.2, 0.25) is 0 Å². The molecule has 136 valence electrons. The minimum absolute atomic E-state index is 0. The van der Waals surface area contributed by atoms with Crippen LogP contribution >= 0.6 is 24.8 Å². The van der Waals surface area contributed by atoms with Crippen LogP contribution in [0.25, 0.3) is 0 Å². The Morgan fingerprint density at radius 1 is 1.24 bits per heavy atom. The summed E-state index contributed by atoms with van der Waals surface area (Å²) >= 11 is 0. The molecule has 1 amide bonds. The first-order valence-corrected chi connectivity index (χ1v) is 7.86. The van der Waals surface area contributed by atoms with Crippen molar-refractivity contribution in [3.8, 4) is 11.5 Å². The van der Waals surface area contributed by atoms with E-state index < -0.39 is 0 Å². The summed E-state index contributed by atoms with van der Waals surface area (Å²) in [5, 5.41) is 0. The molecule has 2 N–H and O–H groups in total. The highest BCUT2D eigenvalue weighted by atomic mass is 35.5. The summed E-state index contributed by atoms with van der Waals surface area (Å²) in [5.41, 5.74) is 6.40. The highest BCUT2D eigenvalue weighted by Gasteiger charge is 2.31. The molecule has 7 heteroatoms. The van der Waals surface area contributed by atoms with Gasteiger partial charge >= 0.3 is 0 Å². The third kappa shape index (κ3) is 5.08. The highest BCUT2D eigenvalue weighted by molar-refractivity contribution is 5.94. The van der Waals surface area contributed by atoms with Crippen molar-refractivity contribution in [2.24, 2.45) is 11.7 Å². The van der Waals surface area contributed by atoms with E-state index in [0.29, 0.717) is 29.5 Å². The first-order valence-electron chi connectivity index (χ1n) is 7.86. The Morgan fingerprint density at radius 3 is 2.52 bits per heavy atom. The maximum Gasteiger partial charge on any atom is 0.254 e. The van der Waals surface area contributed by atoms with Crippen LogP contribution in [0.3, 0.4) is 0 Å². The van der Waals surface area contributed by atoms with Crippen molar-refractivity contribution >= 4 is 30.7 Å². The number of rotatable bonds is 4. The van der Waals surface area contributed by atoms with Crippen molar-refractivity contribution < 1.29 is 9.53 Å². The summed E-state index contributed by atoms with van der Waals surface area (Å²) in [6.07, 6.45) is 4.32. The van der Waals surface area contributed by atoms with E-state index in [4.69, 9.17) is 10.5 Å². The number of carbonyl (C=O) groups is 1. The predicted octanol–water partition coefficient (Wildman–Crippen LogP) is 3.53. The standard InChI is InChI=1S/C18H21N3O2.2ClH/c1-13-9-14(10-19)12-21(13)18(22)15-4-6-16(7-5-15)23-17-3-2-8-20-11-17;;/h2-8,11,13-14H,9-10,12,19H2,1H3;2*1H. The van der Waals surface area contributed by atoms with E-state index in [0.717, 1.165) is 13.0 Å². The lowest BCUT2D eigenvalue weighted by atomic mass is 10.1. The minimum atomic E-state index is 0. The highest BCUT2D eigenvalue weighted by Crippen LogP contribution is 2.25. The molecule has 0 aliphatic carbocycles. The van der Waals surface area contributed by atoms with Crippen LogP contribution < -0.4 is 10.5 Å². The van der Waals surface area contributed by atoms with Crippen LogP contribution in [0.5, 0.6) is 11.5 Å². The van der Waals surface area contributed by atoms with E-state index in [1.165, 1.54) is 0 Å². The number of benzene rings is 1. The van der Waals surface area contributed by atoms with Crippen LogP contribution in [0.1, 0.15) is 23.7 Å². The van der Waals surface area contributed by atoms with Crippen molar-refractivity contribution in [1.29, 1.82) is 0 Å². The van der Waals surface area contributed by atoms with Gasteiger partial charge in [0.1, 0.15) is 11.5 Å². The predicted molar refractivity (Wildman–Crippen MR) is 103 cm³/mol. The molecule has 1 fully saturated rings. The molecule has 5 nitrogen and oxygen atoms in total. The zero-order valence-corrected chi connectivity index (χ0v) is 15.6. The van der Waals surface area contributed by atoms with Gasteiger partial charge in [-0.25, -0.2) is 0 Å². The van der Waals surface area contributed by atoms with Gasteiger partial charge in [0, 0.05) is 24.3 Å². The number of likely N-dealkylation sites (tertiary alicyclic amines) is 1. The van der Waals surface area contributed by atoms with E-state index in [9.17, 15) is 4.79 Å². The van der Waals surface area contributed by atoms with Gasteiger partial charge in [-0.1, -0.05) is 0 Å². The number of carbonyl (C=O) groups excluding carboxylic acids is 1. The molecule has 0 saturated carbocycles. The largest absolute Gasteiger partial charge is 0.456 e. The summed E-state index contributed by atoms with van der Waals surface area (Å²) in [7, 11) is 0. The SMILES string of the molecule is CC1CC(CN)CN1C(=O)c1ccc(Oc2cccnc2)cc1.Cl.Cl. The lowest BCUT2D eigenvalue weighted by Crippen LogP contribution is -2.34. The zero-order valence-electron chi connectivity index (χ0n) is 14.0. The molecule has 2 aromatic rings. The molecule has 0 bridgehead atoms. The number of nitrogens with zero attached hydrogens (tertiary/aromatic N) is 2. The molecular weight excluding hydrogens is 361 g/mol. The Kier molecular flexibility index (Phi) is 8.16. The fourth-order valence-corrected chi connectivity index (χ4v) is 2.97. The fourth-order valence-electron chi connectivity index (χ4n) is 2.97. The fraction of sp³-hybridized carbons (Fsp3) is 0.333. The second-order valence-electron chi connectivity index (χ2n) is 5.96. The second kappa shape index (κ2) is 9.61. The molecule has 2 atom stereocenters. The molecule has 1 saturated heterocycles. The molecule has 1 aliphatic rings. The van der Waals surface area contributed by atoms with Gasteiger partial charge in [-0.3, -0.25) is 9.78 Å². The molecule has 0 radical (unpaired) electrons. The van der Waals surface area contributed by atoms with Crippen molar-refractivity contribution in [3.63, 3.8) is 0 Å². The van der Waals surface area contributed by atoms with Gasteiger partial charge in [-0.05, 0) is 62.2 Å². The van der Waals surface area contributed by atoms with Gasteiger partial charge in [0.15, 0.2) is 0 Å². The number of ether oxygens (including phenoxy) is 1.